The molecule has 2 aliphatic heterocycles. The molecule has 0 atom stereocenters. The smallest absolute Gasteiger partial charge is 0.251 e. The first-order valence-corrected chi connectivity index (χ1v) is 19.1. The SMILES string of the molecule is CCc1nc2c(cnn2CC)c(NC2CCOCC2)c1CNC(=O)c1cccc(C(=O)NCc2ccnc(-c3cccc(CC4CCNCC4)c3)c2)c1. The van der Waals surface area contributed by atoms with E-state index in [1.165, 1.54) is 18.4 Å². The third kappa shape index (κ3) is 8.75. The first kappa shape index (κ1) is 36.2. The van der Waals surface area contributed by atoms with Crippen molar-refractivity contribution in [2.45, 2.75) is 78.0 Å². The van der Waals surface area contributed by atoms with Crippen molar-refractivity contribution in [3.05, 3.63) is 107 Å². The minimum atomic E-state index is -0.260. The Hall–Kier alpha value is -5.13. The highest BCUT2D eigenvalue weighted by Crippen LogP contribution is 2.31. The number of fused-ring (bicyclic) bond motifs is 1. The third-order valence-corrected chi connectivity index (χ3v) is 10.5. The zero-order chi connectivity index (χ0) is 36.6. The lowest BCUT2D eigenvalue weighted by atomic mass is 9.90. The standard InChI is InChI=1S/C42H50N8O3/c1-3-37-35(39(48-34-14-19-53-20-15-34)36-27-47-50(4-2)40(36)49-37)26-46-42(52)33-10-6-9-32(24-33)41(51)45-25-30-13-18-44-38(23-30)31-8-5-7-29(22-31)21-28-11-16-43-17-12-28/h5-10,13,18,22-24,27-28,34,43H,3-4,11-12,14-17,19-21,25-26H2,1-2H3,(H,45,51)(H,46,52)(H,48,49). The molecule has 11 heteroatoms. The Kier molecular flexibility index (Phi) is 11.7. The van der Waals surface area contributed by atoms with E-state index in [1.54, 1.807) is 30.5 Å². The second-order valence-electron chi connectivity index (χ2n) is 14.1. The van der Waals surface area contributed by atoms with E-state index in [2.05, 4.69) is 69.5 Å². The van der Waals surface area contributed by atoms with E-state index in [1.807, 2.05) is 23.0 Å². The number of ether oxygens (including phenoxy) is 1. The van der Waals surface area contributed by atoms with E-state index < -0.39 is 0 Å². The first-order valence-electron chi connectivity index (χ1n) is 19.1. The fourth-order valence-electron chi connectivity index (χ4n) is 7.48. The molecule has 0 unspecified atom stereocenters. The summed E-state index contributed by atoms with van der Waals surface area (Å²) in [4.78, 5) is 36.5. The van der Waals surface area contributed by atoms with Crippen LogP contribution in [0, 0.1) is 5.92 Å². The topological polar surface area (TPSA) is 135 Å². The Bertz CT molecular complexity index is 2050. The van der Waals surface area contributed by atoms with Crippen LogP contribution < -0.4 is 21.3 Å². The minimum absolute atomic E-state index is 0.249. The van der Waals surface area contributed by atoms with Crippen LogP contribution in [-0.2, 0) is 37.2 Å². The second kappa shape index (κ2) is 17.1. The molecule has 5 heterocycles. The molecular weight excluding hydrogens is 665 g/mol. The van der Waals surface area contributed by atoms with Crippen LogP contribution in [0.15, 0.2) is 73.1 Å². The number of aromatic nitrogens is 4. The van der Waals surface area contributed by atoms with Crippen molar-refractivity contribution in [3.63, 3.8) is 0 Å². The number of anilines is 1. The molecule has 2 amide bonds. The Labute approximate surface area is 311 Å². The van der Waals surface area contributed by atoms with Gasteiger partial charge in [-0.1, -0.05) is 31.2 Å². The second-order valence-corrected chi connectivity index (χ2v) is 14.1. The molecule has 3 aromatic heterocycles. The Morgan fingerprint density at radius 2 is 1.64 bits per heavy atom. The van der Waals surface area contributed by atoms with Gasteiger partial charge in [0.2, 0.25) is 0 Å². The number of carbonyl (C=O) groups excluding carboxylic acids is 2. The molecule has 0 bridgehead atoms. The van der Waals surface area contributed by atoms with E-state index >= 15 is 0 Å². The molecule has 0 aliphatic carbocycles. The number of amides is 2. The van der Waals surface area contributed by atoms with Gasteiger partial charge in [-0.25, -0.2) is 9.67 Å². The number of carbonyl (C=O) groups is 2. The maximum Gasteiger partial charge on any atom is 0.251 e. The fourth-order valence-corrected chi connectivity index (χ4v) is 7.48. The van der Waals surface area contributed by atoms with Gasteiger partial charge in [0.25, 0.3) is 11.8 Å². The van der Waals surface area contributed by atoms with Crippen LogP contribution in [-0.4, -0.2) is 63.9 Å². The molecule has 7 rings (SSSR count). The zero-order valence-corrected chi connectivity index (χ0v) is 30.8. The van der Waals surface area contributed by atoms with Gasteiger partial charge in [-0.3, -0.25) is 14.6 Å². The van der Waals surface area contributed by atoms with E-state index in [9.17, 15) is 9.59 Å². The molecule has 276 valence electrons. The number of hydrogen-bond donors (Lipinski definition) is 4. The van der Waals surface area contributed by atoms with E-state index in [4.69, 9.17) is 9.72 Å². The van der Waals surface area contributed by atoms with Crippen molar-refractivity contribution in [1.29, 1.82) is 0 Å². The predicted molar refractivity (Wildman–Crippen MR) is 208 cm³/mol. The first-order chi connectivity index (χ1) is 26.0. The summed E-state index contributed by atoms with van der Waals surface area (Å²) < 4.78 is 7.51. The van der Waals surface area contributed by atoms with Crippen molar-refractivity contribution in [2.24, 2.45) is 5.92 Å². The average molecular weight is 715 g/mol. The van der Waals surface area contributed by atoms with Gasteiger partial charge in [0.05, 0.1) is 23.0 Å². The maximum absolute atomic E-state index is 13.6. The third-order valence-electron chi connectivity index (χ3n) is 10.5. The summed E-state index contributed by atoms with van der Waals surface area (Å²) in [6, 6.07) is 19.7. The summed E-state index contributed by atoms with van der Waals surface area (Å²) in [5.41, 5.74) is 8.76. The average Bonchev–Trinajstić information content (AvgIpc) is 3.63. The normalized spacial score (nSPS) is 15.4. The van der Waals surface area contributed by atoms with Crippen LogP contribution in [0.25, 0.3) is 22.3 Å². The van der Waals surface area contributed by atoms with Crippen LogP contribution in [0.2, 0.25) is 0 Å². The van der Waals surface area contributed by atoms with Crippen LogP contribution in [0.1, 0.15) is 82.6 Å². The van der Waals surface area contributed by atoms with Crippen LogP contribution >= 0.6 is 0 Å². The van der Waals surface area contributed by atoms with Crippen molar-refractivity contribution in [2.75, 3.05) is 31.6 Å². The van der Waals surface area contributed by atoms with Gasteiger partial charge < -0.3 is 26.0 Å². The van der Waals surface area contributed by atoms with Gasteiger partial charge in [-0.05, 0) is 112 Å². The van der Waals surface area contributed by atoms with Crippen LogP contribution in [0.5, 0.6) is 0 Å². The summed E-state index contributed by atoms with van der Waals surface area (Å²) in [5.74, 6) is 0.200. The number of nitrogens with zero attached hydrogens (tertiary/aromatic N) is 4. The molecule has 0 radical (unpaired) electrons. The number of benzene rings is 2. The molecule has 0 spiro atoms. The Morgan fingerprint density at radius 3 is 2.40 bits per heavy atom. The highest BCUT2D eigenvalue weighted by molar-refractivity contribution is 6.00. The lowest BCUT2D eigenvalue weighted by Gasteiger charge is -2.26. The summed E-state index contributed by atoms with van der Waals surface area (Å²) in [5, 5.41) is 18.9. The molecular formula is C42H50N8O3. The molecule has 53 heavy (non-hydrogen) atoms. The Morgan fingerprint density at radius 1 is 0.887 bits per heavy atom. The lowest BCUT2D eigenvalue weighted by Crippen LogP contribution is -2.30. The highest BCUT2D eigenvalue weighted by Gasteiger charge is 2.22. The van der Waals surface area contributed by atoms with Crippen molar-refractivity contribution in [1.82, 2.24) is 35.7 Å². The van der Waals surface area contributed by atoms with Crippen molar-refractivity contribution in [3.8, 4) is 11.3 Å². The molecule has 2 saturated heterocycles. The summed E-state index contributed by atoms with van der Waals surface area (Å²) in [7, 11) is 0. The predicted octanol–water partition coefficient (Wildman–Crippen LogP) is 6.07. The number of nitrogens with one attached hydrogen (secondary N) is 4. The maximum atomic E-state index is 13.6. The van der Waals surface area contributed by atoms with E-state index in [-0.39, 0.29) is 24.4 Å². The number of rotatable bonds is 13. The highest BCUT2D eigenvalue weighted by atomic mass is 16.5. The Balaban J connectivity index is 1.01. The number of piperidine rings is 1. The summed E-state index contributed by atoms with van der Waals surface area (Å²) in [6.45, 7) is 9.09. The van der Waals surface area contributed by atoms with Crippen LogP contribution in [0.3, 0.4) is 0 Å². The quantitative estimate of drug-likeness (QED) is 0.116. The largest absolute Gasteiger partial charge is 0.381 e. The van der Waals surface area contributed by atoms with Crippen LogP contribution in [0.4, 0.5) is 5.69 Å². The number of aryl methyl sites for hydroxylation is 2. The van der Waals surface area contributed by atoms with Gasteiger partial charge in [0, 0.05) is 73.0 Å². The monoisotopic (exact) mass is 714 g/mol. The van der Waals surface area contributed by atoms with Gasteiger partial charge in [0.1, 0.15) is 0 Å². The van der Waals surface area contributed by atoms with Crippen molar-refractivity contribution >= 4 is 28.5 Å². The number of pyridine rings is 2. The summed E-state index contributed by atoms with van der Waals surface area (Å²) >= 11 is 0. The lowest BCUT2D eigenvalue weighted by molar-refractivity contribution is 0.0904. The van der Waals surface area contributed by atoms with Gasteiger partial charge >= 0.3 is 0 Å². The van der Waals surface area contributed by atoms with E-state index in [0.29, 0.717) is 49.8 Å². The molecule has 2 aliphatic rings. The zero-order valence-electron chi connectivity index (χ0n) is 30.8. The molecule has 11 nitrogen and oxygen atoms in total. The van der Waals surface area contributed by atoms with Gasteiger partial charge in [0.15, 0.2) is 5.65 Å². The molecule has 2 fully saturated rings. The van der Waals surface area contributed by atoms with E-state index in [0.717, 1.165) is 77.2 Å². The summed E-state index contributed by atoms with van der Waals surface area (Å²) in [6.07, 6.45) is 9.67. The number of hydrogen-bond acceptors (Lipinski definition) is 8. The molecule has 2 aromatic carbocycles. The fraction of sp³-hybridized carbons (Fsp3) is 0.405. The van der Waals surface area contributed by atoms with Gasteiger partial charge in [-0.2, -0.15) is 5.10 Å². The molecule has 5 aromatic rings. The minimum Gasteiger partial charge on any atom is -0.381 e. The molecule has 0 saturated carbocycles. The van der Waals surface area contributed by atoms with Crippen molar-refractivity contribution < 1.29 is 14.3 Å². The molecule has 4 N–H and O–H groups in total. The van der Waals surface area contributed by atoms with Gasteiger partial charge in [-0.15, -0.1) is 0 Å².